The maximum Gasteiger partial charge on any atom is 0.407 e. The molecule has 17 heteroatoms. The summed E-state index contributed by atoms with van der Waals surface area (Å²) in [5, 5.41) is 25.8. The third-order valence-electron chi connectivity index (χ3n) is 7.45. The molecule has 2 fully saturated rings. The van der Waals surface area contributed by atoms with Crippen LogP contribution >= 0.6 is 34.4 Å². The quantitative estimate of drug-likeness (QED) is 0.0394. The number of hydrogen-bond acceptors (Lipinski definition) is 9. The van der Waals surface area contributed by atoms with Crippen LogP contribution in [0.1, 0.15) is 56.8 Å². The number of nitro benzene ring substituents is 1. The van der Waals surface area contributed by atoms with Crippen LogP contribution in [0.25, 0.3) is 0 Å². The van der Waals surface area contributed by atoms with Gasteiger partial charge in [0.1, 0.15) is 6.10 Å². The van der Waals surface area contributed by atoms with Gasteiger partial charge in [0.05, 0.1) is 27.0 Å². The van der Waals surface area contributed by atoms with Crippen LogP contribution in [0.3, 0.4) is 0 Å². The Labute approximate surface area is 279 Å². The minimum atomic E-state index is -0.971. The molecule has 2 aliphatic heterocycles. The van der Waals surface area contributed by atoms with Crippen molar-refractivity contribution in [3.8, 4) is 0 Å². The van der Waals surface area contributed by atoms with Crippen molar-refractivity contribution < 1.29 is 33.6 Å². The van der Waals surface area contributed by atoms with E-state index in [1.807, 2.05) is 34.4 Å². The SMILES string of the molecule is CC(=O)N(CCNC(=O)CCCCC1SCC2NC(=O)NC21)Cc1ccc([N+](=O)[O-])c(C(C)OC(=O)NCCNC(=O)CI)c1. The first-order valence-electron chi connectivity index (χ1n) is 14.7. The summed E-state index contributed by atoms with van der Waals surface area (Å²) >= 11 is 3.76. The van der Waals surface area contributed by atoms with Gasteiger partial charge >= 0.3 is 12.1 Å². The molecule has 2 aliphatic rings. The van der Waals surface area contributed by atoms with Crippen molar-refractivity contribution >= 4 is 69.9 Å². The van der Waals surface area contributed by atoms with Crippen molar-refractivity contribution in [3.63, 3.8) is 0 Å². The molecule has 4 unspecified atom stereocenters. The summed E-state index contributed by atoms with van der Waals surface area (Å²) in [6.45, 7) is 3.87. The number of thioether (sulfide) groups is 1. The van der Waals surface area contributed by atoms with Gasteiger partial charge in [-0.2, -0.15) is 11.8 Å². The lowest BCUT2D eigenvalue weighted by Crippen LogP contribution is -2.37. The van der Waals surface area contributed by atoms with Gasteiger partial charge in [0.2, 0.25) is 17.7 Å². The summed E-state index contributed by atoms with van der Waals surface area (Å²) in [6, 6.07) is 4.59. The molecule has 0 saturated carbocycles. The first kappa shape index (κ1) is 36.1. The number of unbranched alkanes of at least 4 members (excludes halogenated alkanes) is 1. The molecule has 45 heavy (non-hydrogen) atoms. The maximum absolute atomic E-state index is 12.4. The number of amides is 6. The number of urea groups is 1. The summed E-state index contributed by atoms with van der Waals surface area (Å²) in [6.07, 6.45) is 1.10. The topological polar surface area (TPSA) is 201 Å². The third kappa shape index (κ3) is 11.5. The summed E-state index contributed by atoms with van der Waals surface area (Å²) in [4.78, 5) is 72.4. The molecule has 6 amide bonds. The number of carbonyl (C=O) groups excluding carboxylic acids is 5. The molecule has 1 aromatic carbocycles. The lowest BCUT2D eigenvalue weighted by Gasteiger charge is -2.22. The summed E-state index contributed by atoms with van der Waals surface area (Å²) < 4.78 is 5.62. The minimum Gasteiger partial charge on any atom is -0.441 e. The van der Waals surface area contributed by atoms with E-state index in [-0.39, 0.29) is 84.2 Å². The van der Waals surface area contributed by atoms with Crippen LogP contribution in [0.5, 0.6) is 0 Å². The Balaban J connectivity index is 1.44. The number of halogens is 1. The average Bonchev–Trinajstić information content (AvgIpc) is 3.55. The van der Waals surface area contributed by atoms with Gasteiger partial charge in [0.25, 0.3) is 5.69 Å². The zero-order valence-corrected chi connectivity index (χ0v) is 28.2. The van der Waals surface area contributed by atoms with E-state index in [4.69, 9.17) is 4.74 Å². The molecule has 0 aromatic heterocycles. The average molecular weight is 762 g/mol. The number of nitro groups is 1. The molecule has 0 aliphatic carbocycles. The zero-order chi connectivity index (χ0) is 32.9. The number of hydrogen-bond donors (Lipinski definition) is 5. The van der Waals surface area contributed by atoms with E-state index in [0.29, 0.717) is 17.2 Å². The number of benzene rings is 1. The molecule has 4 atom stereocenters. The van der Waals surface area contributed by atoms with E-state index < -0.39 is 17.1 Å². The highest BCUT2D eigenvalue weighted by Gasteiger charge is 2.42. The summed E-state index contributed by atoms with van der Waals surface area (Å²) in [5.41, 5.74) is 0.530. The number of nitrogens with zero attached hydrogens (tertiary/aromatic N) is 2. The second-order valence-electron chi connectivity index (χ2n) is 10.8. The maximum atomic E-state index is 12.4. The highest BCUT2D eigenvalue weighted by atomic mass is 127. The van der Waals surface area contributed by atoms with Gasteiger partial charge in [-0.05, 0) is 31.4 Å². The van der Waals surface area contributed by atoms with Crippen LogP contribution in [-0.2, 0) is 25.7 Å². The van der Waals surface area contributed by atoms with E-state index >= 15 is 0 Å². The van der Waals surface area contributed by atoms with Crippen LogP contribution in [0.4, 0.5) is 15.3 Å². The van der Waals surface area contributed by atoms with Crippen molar-refractivity contribution in [2.75, 3.05) is 36.4 Å². The minimum absolute atomic E-state index is 0.111. The fourth-order valence-electron chi connectivity index (χ4n) is 5.13. The Kier molecular flexibility index (Phi) is 14.4. The van der Waals surface area contributed by atoms with E-state index in [2.05, 4.69) is 26.6 Å². The van der Waals surface area contributed by atoms with Crippen LogP contribution in [0, 0.1) is 10.1 Å². The van der Waals surface area contributed by atoms with Gasteiger partial charge in [-0.1, -0.05) is 35.1 Å². The Bertz CT molecular complexity index is 1260. The van der Waals surface area contributed by atoms with Gasteiger partial charge in [-0.3, -0.25) is 24.5 Å². The monoisotopic (exact) mass is 761 g/mol. The zero-order valence-electron chi connectivity index (χ0n) is 25.3. The van der Waals surface area contributed by atoms with Gasteiger partial charge in [-0.25, -0.2) is 9.59 Å². The van der Waals surface area contributed by atoms with Crippen LogP contribution in [0.15, 0.2) is 18.2 Å². The molecule has 0 radical (unpaired) electrons. The molecule has 2 saturated heterocycles. The summed E-state index contributed by atoms with van der Waals surface area (Å²) in [7, 11) is 0. The first-order chi connectivity index (χ1) is 21.5. The lowest BCUT2D eigenvalue weighted by atomic mass is 10.0. The number of ether oxygens (including phenoxy) is 1. The molecular weight excluding hydrogens is 721 g/mol. The van der Waals surface area contributed by atoms with Crippen molar-refractivity contribution in [2.24, 2.45) is 0 Å². The summed E-state index contributed by atoms with van der Waals surface area (Å²) in [5.74, 6) is 0.384. The van der Waals surface area contributed by atoms with E-state index in [9.17, 15) is 34.1 Å². The Morgan fingerprint density at radius 1 is 1.13 bits per heavy atom. The number of alkyl halides is 1. The normalized spacial score (nSPS) is 19.0. The highest BCUT2D eigenvalue weighted by Crippen LogP contribution is 2.33. The van der Waals surface area contributed by atoms with Gasteiger partial charge < -0.3 is 36.2 Å². The van der Waals surface area contributed by atoms with E-state index in [1.54, 1.807) is 0 Å². The van der Waals surface area contributed by atoms with Gasteiger partial charge in [0.15, 0.2) is 0 Å². The van der Waals surface area contributed by atoms with Crippen molar-refractivity contribution in [2.45, 2.75) is 69.5 Å². The second-order valence-corrected chi connectivity index (χ2v) is 12.8. The third-order valence-corrected chi connectivity index (χ3v) is 9.65. The molecule has 0 spiro atoms. The number of alkyl carbamates (subject to hydrolysis) is 1. The van der Waals surface area contributed by atoms with Crippen molar-refractivity contribution in [1.82, 2.24) is 31.5 Å². The molecule has 248 valence electrons. The molecule has 5 N–H and O–H groups in total. The Morgan fingerprint density at radius 2 is 1.87 bits per heavy atom. The first-order valence-corrected chi connectivity index (χ1v) is 17.3. The fraction of sp³-hybridized carbons (Fsp3) is 0.607. The second kappa shape index (κ2) is 18.0. The fourth-order valence-corrected chi connectivity index (χ4v) is 6.95. The highest BCUT2D eigenvalue weighted by molar-refractivity contribution is 14.1. The molecule has 2 heterocycles. The Hall–Kier alpha value is -3.35. The van der Waals surface area contributed by atoms with Gasteiger partial charge in [-0.15, -0.1) is 0 Å². The molecule has 0 bridgehead atoms. The number of fused-ring (bicyclic) bond motifs is 1. The van der Waals surface area contributed by atoms with Crippen LogP contribution < -0.4 is 26.6 Å². The number of carbonyl (C=O) groups is 5. The standard InChI is InChI=1S/C28H40IN7O8S/c1-17(44-28(41)32-10-9-30-25(39)14-29)20-13-19(7-8-22(20)36(42)43)15-35(18(2)37)12-11-31-24(38)6-4-3-5-23-26-21(16-45-23)33-27(40)34-26/h7-8,13,17,21,23,26H,3-6,9-12,14-16H2,1-2H3,(H,30,39)(H,31,38)(H,32,41)(H2,33,34,40). The predicted molar refractivity (Wildman–Crippen MR) is 176 cm³/mol. The van der Waals surface area contributed by atoms with E-state index in [1.165, 1.54) is 36.9 Å². The largest absolute Gasteiger partial charge is 0.441 e. The van der Waals surface area contributed by atoms with Gasteiger partial charge in [0, 0.05) is 63.1 Å². The molecule has 3 rings (SSSR count). The molecule has 15 nitrogen and oxygen atoms in total. The van der Waals surface area contributed by atoms with Crippen molar-refractivity contribution in [3.05, 3.63) is 39.4 Å². The molecular formula is C28H40IN7O8S. The lowest BCUT2D eigenvalue weighted by molar-refractivity contribution is -0.386. The predicted octanol–water partition coefficient (Wildman–Crippen LogP) is 2.12. The van der Waals surface area contributed by atoms with E-state index in [0.717, 1.165) is 25.0 Å². The van der Waals surface area contributed by atoms with Crippen LogP contribution in [-0.4, -0.2) is 93.4 Å². The molecule has 1 aromatic rings. The Morgan fingerprint density at radius 3 is 2.58 bits per heavy atom. The van der Waals surface area contributed by atoms with Crippen molar-refractivity contribution in [1.29, 1.82) is 0 Å². The van der Waals surface area contributed by atoms with Crippen LogP contribution in [0.2, 0.25) is 0 Å². The smallest absolute Gasteiger partial charge is 0.407 e. The number of nitrogens with one attached hydrogen (secondary N) is 5. The number of rotatable bonds is 17.